The van der Waals surface area contributed by atoms with Crippen molar-refractivity contribution >= 4 is 44.4 Å². The number of benzene rings is 2. The highest BCUT2D eigenvalue weighted by Crippen LogP contribution is 2.34. The third kappa shape index (κ3) is 5.95. The summed E-state index contributed by atoms with van der Waals surface area (Å²) in [5.41, 5.74) is 0.829. The maximum Gasteiger partial charge on any atom is 0.239 e. The van der Waals surface area contributed by atoms with Gasteiger partial charge in [0, 0.05) is 11.4 Å². The Hall–Kier alpha value is -2.09. The van der Waals surface area contributed by atoms with Gasteiger partial charge in [-0.05, 0) is 58.3 Å². The first-order chi connectivity index (χ1) is 14.1. The number of carbonyl (C=O) groups is 1. The molecule has 0 radical (unpaired) electrons. The lowest BCUT2D eigenvalue weighted by Gasteiger charge is -2.21. The Balaban J connectivity index is 1.81. The van der Waals surface area contributed by atoms with E-state index in [9.17, 15) is 4.79 Å². The summed E-state index contributed by atoms with van der Waals surface area (Å²) in [4.78, 5) is 22.9. The van der Waals surface area contributed by atoms with E-state index in [1.807, 2.05) is 74.4 Å². The van der Waals surface area contributed by atoms with Crippen molar-refractivity contribution in [1.29, 1.82) is 0 Å². The van der Waals surface area contributed by atoms with Gasteiger partial charge < -0.3 is 9.64 Å². The standard InChI is InChI=1S/C22H27N3O2S2/c1-4-27-18-12-8-13-19-21(18)23-22(29-19)25(15-9-14-24(2)3)20(26)16-28-17-10-6-5-7-11-17/h5-8,10-13H,4,9,14-16H2,1-3H3. The molecule has 0 spiro atoms. The molecular formula is C22H27N3O2S2. The molecule has 0 saturated heterocycles. The number of anilines is 1. The maximum atomic E-state index is 13.1. The summed E-state index contributed by atoms with van der Waals surface area (Å²) < 4.78 is 6.75. The fourth-order valence-electron chi connectivity index (χ4n) is 2.91. The van der Waals surface area contributed by atoms with Crippen LogP contribution in [0, 0.1) is 0 Å². The molecule has 0 fully saturated rings. The van der Waals surface area contributed by atoms with Gasteiger partial charge in [-0.25, -0.2) is 4.98 Å². The van der Waals surface area contributed by atoms with Gasteiger partial charge in [0.05, 0.1) is 17.1 Å². The van der Waals surface area contributed by atoms with E-state index in [-0.39, 0.29) is 5.91 Å². The van der Waals surface area contributed by atoms with Crippen LogP contribution in [0.2, 0.25) is 0 Å². The predicted octanol–water partition coefficient (Wildman–Crippen LogP) is 4.77. The minimum absolute atomic E-state index is 0.0784. The van der Waals surface area contributed by atoms with Crippen molar-refractivity contribution in [1.82, 2.24) is 9.88 Å². The van der Waals surface area contributed by atoms with Gasteiger partial charge in [0.15, 0.2) is 5.13 Å². The van der Waals surface area contributed by atoms with E-state index in [1.165, 1.54) is 0 Å². The van der Waals surface area contributed by atoms with Crippen LogP contribution in [0.3, 0.4) is 0 Å². The van der Waals surface area contributed by atoms with Crippen LogP contribution in [-0.2, 0) is 4.79 Å². The van der Waals surface area contributed by atoms with Crippen molar-refractivity contribution in [2.75, 3.05) is 44.4 Å². The predicted molar refractivity (Wildman–Crippen MR) is 123 cm³/mol. The Kier molecular flexibility index (Phi) is 7.91. The van der Waals surface area contributed by atoms with Gasteiger partial charge in [0.1, 0.15) is 11.3 Å². The van der Waals surface area contributed by atoms with Gasteiger partial charge in [-0.1, -0.05) is 35.6 Å². The van der Waals surface area contributed by atoms with Gasteiger partial charge in [-0.15, -0.1) is 11.8 Å². The number of nitrogens with zero attached hydrogens (tertiary/aromatic N) is 3. The number of amides is 1. The maximum absolute atomic E-state index is 13.1. The second-order valence-corrected chi connectivity index (χ2v) is 8.89. The van der Waals surface area contributed by atoms with Crippen LogP contribution in [0.4, 0.5) is 5.13 Å². The molecule has 0 N–H and O–H groups in total. The molecule has 3 aromatic rings. The van der Waals surface area contributed by atoms with Gasteiger partial charge in [0.25, 0.3) is 0 Å². The largest absolute Gasteiger partial charge is 0.492 e. The molecule has 7 heteroatoms. The molecule has 3 rings (SSSR count). The molecule has 1 heterocycles. The van der Waals surface area contributed by atoms with E-state index in [0.29, 0.717) is 18.9 Å². The molecule has 1 amide bonds. The van der Waals surface area contributed by atoms with E-state index in [4.69, 9.17) is 9.72 Å². The molecule has 0 saturated carbocycles. The molecule has 0 aliphatic rings. The van der Waals surface area contributed by atoms with Crippen LogP contribution in [0.25, 0.3) is 10.2 Å². The Morgan fingerprint density at radius 2 is 1.90 bits per heavy atom. The number of aromatic nitrogens is 1. The highest BCUT2D eigenvalue weighted by atomic mass is 32.2. The quantitative estimate of drug-likeness (QED) is 0.434. The van der Waals surface area contributed by atoms with Crippen LogP contribution in [0.5, 0.6) is 5.75 Å². The number of hydrogen-bond acceptors (Lipinski definition) is 6. The van der Waals surface area contributed by atoms with E-state index in [0.717, 1.165) is 39.0 Å². The van der Waals surface area contributed by atoms with Gasteiger partial charge in [-0.2, -0.15) is 0 Å². The molecule has 0 bridgehead atoms. The van der Waals surface area contributed by atoms with E-state index in [1.54, 1.807) is 23.1 Å². The molecule has 0 aliphatic carbocycles. The van der Waals surface area contributed by atoms with Gasteiger partial charge in [-0.3, -0.25) is 9.69 Å². The average molecular weight is 430 g/mol. The molecule has 2 aromatic carbocycles. The van der Waals surface area contributed by atoms with Crippen molar-refractivity contribution in [3.63, 3.8) is 0 Å². The number of hydrogen-bond donors (Lipinski definition) is 0. The fourth-order valence-corrected chi connectivity index (χ4v) is 4.73. The summed E-state index contributed by atoms with van der Waals surface area (Å²) in [6.45, 7) is 4.12. The number of fused-ring (bicyclic) bond motifs is 1. The van der Waals surface area contributed by atoms with Crippen molar-refractivity contribution in [3.05, 3.63) is 48.5 Å². The van der Waals surface area contributed by atoms with Crippen molar-refractivity contribution < 1.29 is 9.53 Å². The number of para-hydroxylation sites is 1. The second-order valence-electron chi connectivity index (χ2n) is 6.84. The van der Waals surface area contributed by atoms with E-state index >= 15 is 0 Å². The SMILES string of the molecule is CCOc1cccc2sc(N(CCCN(C)C)C(=O)CSc3ccccc3)nc12. The Labute approximate surface area is 180 Å². The van der Waals surface area contributed by atoms with Gasteiger partial charge >= 0.3 is 0 Å². The number of thioether (sulfide) groups is 1. The molecule has 5 nitrogen and oxygen atoms in total. The lowest BCUT2D eigenvalue weighted by Crippen LogP contribution is -2.34. The van der Waals surface area contributed by atoms with Crippen LogP contribution >= 0.6 is 23.1 Å². The zero-order valence-corrected chi connectivity index (χ0v) is 18.8. The minimum Gasteiger partial charge on any atom is -0.492 e. The third-order valence-electron chi connectivity index (χ3n) is 4.30. The smallest absolute Gasteiger partial charge is 0.239 e. The van der Waals surface area contributed by atoms with Crippen LogP contribution in [0.15, 0.2) is 53.4 Å². The fraction of sp³-hybridized carbons (Fsp3) is 0.364. The Morgan fingerprint density at radius 1 is 1.10 bits per heavy atom. The summed E-state index contributed by atoms with van der Waals surface area (Å²) in [7, 11) is 4.09. The van der Waals surface area contributed by atoms with Crippen LogP contribution in [0.1, 0.15) is 13.3 Å². The highest BCUT2D eigenvalue weighted by molar-refractivity contribution is 8.00. The molecule has 0 aliphatic heterocycles. The normalized spacial score (nSPS) is 11.2. The van der Waals surface area contributed by atoms with Crippen LogP contribution in [-0.4, -0.2) is 55.3 Å². The number of carbonyl (C=O) groups excluding carboxylic acids is 1. The molecule has 154 valence electrons. The summed E-state index contributed by atoms with van der Waals surface area (Å²) in [6.07, 6.45) is 0.892. The van der Waals surface area contributed by atoms with E-state index in [2.05, 4.69) is 4.90 Å². The molecular weight excluding hydrogens is 402 g/mol. The van der Waals surface area contributed by atoms with Crippen molar-refractivity contribution in [2.24, 2.45) is 0 Å². The van der Waals surface area contributed by atoms with Gasteiger partial charge in [0.2, 0.25) is 5.91 Å². The second kappa shape index (κ2) is 10.6. The Bertz CT molecular complexity index is 928. The summed E-state index contributed by atoms with van der Waals surface area (Å²) in [6, 6.07) is 15.9. The van der Waals surface area contributed by atoms with Crippen molar-refractivity contribution in [3.8, 4) is 5.75 Å². The zero-order chi connectivity index (χ0) is 20.6. The first-order valence-electron chi connectivity index (χ1n) is 9.73. The highest BCUT2D eigenvalue weighted by Gasteiger charge is 2.21. The molecule has 1 aromatic heterocycles. The lowest BCUT2D eigenvalue weighted by atomic mass is 10.3. The first kappa shape index (κ1) is 21.6. The molecule has 0 unspecified atom stereocenters. The third-order valence-corrected chi connectivity index (χ3v) is 6.34. The first-order valence-corrected chi connectivity index (χ1v) is 11.5. The number of rotatable bonds is 10. The summed E-state index contributed by atoms with van der Waals surface area (Å²) in [5.74, 6) is 1.24. The minimum atomic E-state index is 0.0784. The monoisotopic (exact) mass is 429 g/mol. The topological polar surface area (TPSA) is 45.7 Å². The molecule has 0 atom stereocenters. The average Bonchev–Trinajstić information content (AvgIpc) is 3.15. The number of thiazole rings is 1. The summed E-state index contributed by atoms with van der Waals surface area (Å²) >= 11 is 3.11. The molecule has 29 heavy (non-hydrogen) atoms. The van der Waals surface area contributed by atoms with Crippen molar-refractivity contribution in [2.45, 2.75) is 18.2 Å². The van der Waals surface area contributed by atoms with E-state index < -0.39 is 0 Å². The summed E-state index contributed by atoms with van der Waals surface area (Å²) in [5, 5.41) is 0.740. The lowest BCUT2D eigenvalue weighted by molar-refractivity contribution is -0.116. The number of ether oxygens (including phenoxy) is 1. The van der Waals surface area contributed by atoms with Crippen LogP contribution < -0.4 is 9.64 Å². The Morgan fingerprint density at radius 3 is 2.62 bits per heavy atom. The zero-order valence-electron chi connectivity index (χ0n) is 17.1.